The molecule has 0 heterocycles. The number of sulfonamides is 1. The average Bonchev–Trinajstić information content (AvgIpc) is 2.94. The molecule has 45 heavy (non-hydrogen) atoms. The Balaban J connectivity index is 0.000000661. The summed E-state index contributed by atoms with van der Waals surface area (Å²) in [7, 11) is -3.73. The number of benzene rings is 2. The number of unbranched alkanes of at least 4 members (excludes halogenated alkanes) is 8. The van der Waals surface area contributed by atoms with Crippen molar-refractivity contribution in [2.45, 2.75) is 85.2 Å². The number of aromatic hydroxyl groups is 2. The maximum atomic E-state index is 11.0. The quantitative estimate of drug-likeness (QED) is 0.0736. The average molecular weight is 786 g/mol. The minimum absolute atomic E-state index is 0.0117. The van der Waals surface area contributed by atoms with Crippen LogP contribution in [0.5, 0.6) is 11.5 Å². The van der Waals surface area contributed by atoms with Gasteiger partial charge in [0, 0.05) is 18.9 Å². The van der Waals surface area contributed by atoms with E-state index in [0.717, 1.165) is 56.7 Å². The number of phenols is 2. The largest absolute Gasteiger partial charge is 0.508 e. The van der Waals surface area contributed by atoms with Gasteiger partial charge in [0.1, 0.15) is 16.3 Å². The van der Waals surface area contributed by atoms with E-state index in [1.807, 2.05) is 0 Å². The van der Waals surface area contributed by atoms with Gasteiger partial charge in [-0.3, -0.25) is 14.4 Å². The number of rotatable bonds is 17. The zero-order valence-electron chi connectivity index (χ0n) is 24.3. The molecule has 0 aliphatic carbocycles. The number of hydrogen-bond acceptors (Lipinski definition) is 8. The van der Waals surface area contributed by atoms with Crippen LogP contribution in [0.4, 0.5) is 0 Å². The van der Waals surface area contributed by atoms with Crippen molar-refractivity contribution in [1.29, 1.82) is 0 Å². The highest BCUT2D eigenvalue weighted by Gasteiger charge is 2.24. The molecule has 0 saturated carbocycles. The van der Waals surface area contributed by atoms with Crippen molar-refractivity contribution in [2.24, 2.45) is 5.14 Å². The number of carboxylic acids is 4. The molecule has 0 radical (unpaired) electrons. The third-order valence-corrected chi connectivity index (χ3v) is 9.57. The lowest BCUT2D eigenvalue weighted by Gasteiger charge is -2.13. The number of carbonyl (C=O) groups is 4. The molecule has 2 aromatic rings. The van der Waals surface area contributed by atoms with Gasteiger partial charge in [-0.05, 0) is 42.7 Å². The van der Waals surface area contributed by atoms with Crippen molar-refractivity contribution in [3.05, 3.63) is 53.6 Å². The van der Waals surface area contributed by atoms with E-state index in [1.165, 1.54) is 43.5 Å². The number of hydrogen-bond donors (Lipinski definition) is 7. The van der Waals surface area contributed by atoms with Crippen LogP contribution >= 0.6 is 31.9 Å². The van der Waals surface area contributed by atoms with Crippen LogP contribution in [0.25, 0.3) is 0 Å². The number of alkyl halides is 2. The van der Waals surface area contributed by atoms with Crippen LogP contribution in [0.15, 0.2) is 47.4 Å². The van der Waals surface area contributed by atoms with E-state index in [2.05, 4.69) is 31.9 Å². The molecule has 0 fully saturated rings. The van der Waals surface area contributed by atoms with Gasteiger partial charge >= 0.3 is 23.9 Å². The third kappa shape index (κ3) is 20.4. The van der Waals surface area contributed by atoms with Gasteiger partial charge in [-0.2, -0.15) is 0 Å². The first-order valence-corrected chi connectivity index (χ1v) is 17.2. The van der Waals surface area contributed by atoms with Crippen molar-refractivity contribution in [3.8, 4) is 11.5 Å². The van der Waals surface area contributed by atoms with E-state index < -0.39 is 43.6 Å². The fourth-order valence-corrected chi connectivity index (χ4v) is 5.00. The monoisotopic (exact) mass is 783 g/mol. The summed E-state index contributed by atoms with van der Waals surface area (Å²) < 4.78 is 22.0. The molecule has 0 bridgehead atoms. The van der Waals surface area contributed by atoms with Crippen molar-refractivity contribution in [1.82, 2.24) is 0 Å². The molecule has 13 nitrogen and oxygen atoms in total. The maximum absolute atomic E-state index is 11.0. The highest BCUT2D eigenvalue weighted by molar-refractivity contribution is 9.12. The molecule has 0 spiro atoms. The van der Waals surface area contributed by atoms with E-state index in [1.54, 1.807) is 0 Å². The number of nitrogens with two attached hydrogens (primary N) is 1. The molecule has 0 amide bonds. The van der Waals surface area contributed by atoms with Crippen LogP contribution in [0.1, 0.15) is 91.4 Å². The van der Waals surface area contributed by atoms with Gasteiger partial charge in [0.15, 0.2) is 0 Å². The number of phenolic OH excluding ortho intramolecular Hbond substituents is 2. The molecule has 2 aromatic carbocycles. The topological polar surface area (TPSA) is 250 Å². The smallest absolute Gasteiger partial charge is 0.335 e. The van der Waals surface area contributed by atoms with Gasteiger partial charge in [-0.15, -0.1) is 0 Å². The van der Waals surface area contributed by atoms with E-state index in [9.17, 15) is 27.6 Å². The summed E-state index contributed by atoms with van der Waals surface area (Å²) in [5, 5.41) is 56.7. The Kier molecular flexibility index (Phi) is 20.7. The Labute approximate surface area is 278 Å². The Morgan fingerprint density at radius 3 is 1.36 bits per heavy atom. The van der Waals surface area contributed by atoms with Gasteiger partial charge in [-0.1, -0.05) is 88.9 Å². The van der Waals surface area contributed by atoms with E-state index in [4.69, 9.17) is 35.8 Å². The zero-order chi connectivity index (χ0) is 34.6. The molecule has 2 rings (SSSR count). The molecule has 2 unspecified atom stereocenters. The highest BCUT2D eigenvalue weighted by Crippen LogP contribution is 2.31. The Morgan fingerprint density at radius 2 is 1.04 bits per heavy atom. The number of aliphatic carboxylic acids is 3. The summed E-state index contributed by atoms with van der Waals surface area (Å²) in [6.45, 7) is 0. The Bertz CT molecular complexity index is 1300. The summed E-state index contributed by atoms with van der Waals surface area (Å²) in [6.07, 6.45) is 9.89. The van der Waals surface area contributed by atoms with Crippen molar-refractivity contribution < 1.29 is 58.2 Å². The number of aromatic carboxylic acids is 1. The van der Waals surface area contributed by atoms with Crippen LogP contribution < -0.4 is 5.14 Å². The highest BCUT2D eigenvalue weighted by atomic mass is 79.9. The standard InChI is InChI=1S/C13H24O4.C9H9Br2NO4S.C7H6O4/c14-12(15)10-8-6-4-2-1-3-5-7-9-11-13(16)17;10-7(8(11)9(13)14)5-1-3-6(4-2-5)17(12,15)16;8-5-1-4(7(10)11)2-6(9)3-5/h1-11H2,(H,14,15)(H,16,17);1-4,7-8H,(H,13,14)(H2,12,15,16);1-3,8-9H,(H,10,11). The molecule has 2 atom stereocenters. The van der Waals surface area contributed by atoms with Gasteiger partial charge in [-0.25, -0.2) is 18.4 Å². The van der Waals surface area contributed by atoms with Crippen molar-refractivity contribution in [2.75, 3.05) is 0 Å². The van der Waals surface area contributed by atoms with Crippen molar-refractivity contribution in [3.63, 3.8) is 0 Å². The Hall–Kier alpha value is -3.21. The molecule has 252 valence electrons. The normalized spacial score (nSPS) is 12.0. The first-order valence-electron chi connectivity index (χ1n) is 13.8. The van der Waals surface area contributed by atoms with Crippen LogP contribution in [0.2, 0.25) is 0 Å². The molecule has 8 N–H and O–H groups in total. The minimum Gasteiger partial charge on any atom is -0.508 e. The second-order valence-electron chi connectivity index (χ2n) is 9.77. The van der Waals surface area contributed by atoms with Gasteiger partial charge in [0.2, 0.25) is 10.0 Å². The lowest BCUT2D eigenvalue weighted by atomic mass is 10.1. The molecule has 0 aromatic heterocycles. The van der Waals surface area contributed by atoms with Crippen molar-refractivity contribution >= 4 is 65.8 Å². The second-order valence-corrected chi connectivity index (χ2v) is 13.3. The molecular weight excluding hydrogens is 746 g/mol. The number of carboxylic acid groups (broad SMARTS) is 4. The van der Waals surface area contributed by atoms with Gasteiger partial charge in [0.25, 0.3) is 0 Å². The maximum Gasteiger partial charge on any atom is 0.335 e. The van der Waals surface area contributed by atoms with Crippen LogP contribution in [-0.4, -0.2) is 67.8 Å². The summed E-state index contributed by atoms with van der Waals surface area (Å²) in [5.41, 5.74) is 0.504. The summed E-state index contributed by atoms with van der Waals surface area (Å²) in [6, 6.07) is 8.87. The van der Waals surface area contributed by atoms with Crippen LogP contribution in [-0.2, 0) is 24.4 Å². The first-order chi connectivity index (χ1) is 20.9. The predicted octanol–water partition coefficient (Wildman–Crippen LogP) is 5.86. The Morgan fingerprint density at radius 1 is 0.667 bits per heavy atom. The van der Waals surface area contributed by atoms with E-state index in [0.29, 0.717) is 5.56 Å². The lowest BCUT2D eigenvalue weighted by molar-refractivity contribution is -0.138. The van der Waals surface area contributed by atoms with Crippen LogP contribution in [0.3, 0.4) is 0 Å². The molecule has 16 heteroatoms. The van der Waals surface area contributed by atoms with E-state index in [-0.39, 0.29) is 34.8 Å². The minimum atomic E-state index is -3.73. The summed E-state index contributed by atoms with van der Waals surface area (Å²) in [5.74, 6) is -4.13. The lowest BCUT2D eigenvalue weighted by Crippen LogP contribution is -2.18. The fraction of sp³-hybridized carbons (Fsp3) is 0.448. The molecule has 0 aliphatic rings. The SMILES string of the molecule is NS(=O)(=O)c1ccc(C(Br)C(Br)C(=O)O)cc1.O=C(O)CCCCCCCCCCCC(=O)O.O=C(O)c1cc(O)cc(O)c1. The fourth-order valence-electron chi connectivity index (χ4n) is 3.64. The summed E-state index contributed by atoms with van der Waals surface area (Å²) >= 11 is 6.23. The molecular formula is C29H39Br2NO12S. The molecule has 0 aliphatic heterocycles. The second kappa shape index (κ2) is 22.3. The predicted molar refractivity (Wildman–Crippen MR) is 173 cm³/mol. The summed E-state index contributed by atoms with van der Waals surface area (Å²) in [4.78, 5) is 40.2. The third-order valence-electron chi connectivity index (χ3n) is 5.95. The number of primary sulfonamides is 1. The molecule has 0 saturated heterocycles. The van der Waals surface area contributed by atoms with E-state index >= 15 is 0 Å². The number of halogens is 2. The van der Waals surface area contributed by atoms with Crippen LogP contribution in [0, 0.1) is 0 Å². The van der Waals surface area contributed by atoms with Gasteiger partial charge in [0.05, 0.1) is 15.3 Å². The van der Waals surface area contributed by atoms with Gasteiger partial charge < -0.3 is 30.6 Å². The first kappa shape index (κ1) is 41.8. The zero-order valence-corrected chi connectivity index (χ0v) is 28.3.